The highest BCUT2D eigenvalue weighted by atomic mass is 16.6. The molecule has 0 saturated carbocycles. The number of hydrogen-bond donors (Lipinski definition) is 3. The Kier molecular flexibility index (Phi) is 1.72. The largest absolute Gasteiger partial charge is 0.394 e. The maximum atomic E-state index is 9.14. The Morgan fingerprint density at radius 2 is 2.22 bits per heavy atom. The van der Waals surface area contributed by atoms with Crippen molar-refractivity contribution in [1.29, 1.82) is 0 Å². The van der Waals surface area contributed by atoms with Crippen molar-refractivity contribution in [2.75, 3.05) is 19.8 Å². The minimum atomic E-state index is -1.19. The van der Waals surface area contributed by atoms with Crippen LogP contribution in [-0.2, 0) is 4.74 Å². The molecule has 1 aliphatic rings. The zero-order valence-corrected chi connectivity index (χ0v) is 4.95. The maximum Gasteiger partial charge on any atom is 0.139 e. The van der Waals surface area contributed by atoms with Gasteiger partial charge in [-0.3, -0.25) is 0 Å². The average Bonchev–Trinajstić information content (AvgIpc) is 1.85. The molecule has 1 aliphatic heterocycles. The molecule has 3 N–H and O–H groups in total. The molecule has 0 unspecified atom stereocenters. The molecule has 0 bridgehead atoms. The van der Waals surface area contributed by atoms with Crippen molar-refractivity contribution in [2.45, 2.75) is 11.7 Å². The first kappa shape index (κ1) is 6.95. The minimum Gasteiger partial charge on any atom is -0.394 e. The van der Waals surface area contributed by atoms with E-state index in [1.54, 1.807) is 0 Å². The van der Waals surface area contributed by atoms with Gasteiger partial charge in [0.1, 0.15) is 11.7 Å². The average molecular weight is 134 g/mol. The van der Waals surface area contributed by atoms with Gasteiger partial charge in [-0.15, -0.1) is 0 Å². The lowest BCUT2D eigenvalue weighted by Crippen LogP contribution is -2.62. The van der Waals surface area contributed by atoms with E-state index in [0.717, 1.165) is 0 Å². The lowest BCUT2D eigenvalue weighted by atomic mass is 9.94. The van der Waals surface area contributed by atoms with Crippen LogP contribution in [0.2, 0.25) is 0 Å². The van der Waals surface area contributed by atoms with Crippen molar-refractivity contribution in [3.63, 3.8) is 0 Å². The predicted molar refractivity (Wildman–Crippen MR) is 28.9 cm³/mol. The van der Waals surface area contributed by atoms with Gasteiger partial charge in [0, 0.05) is 0 Å². The molecule has 0 aromatic heterocycles. The van der Waals surface area contributed by atoms with E-state index in [-0.39, 0.29) is 19.8 Å². The van der Waals surface area contributed by atoms with E-state index in [0.29, 0.717) is 0 Å². The molecule has 1 rings (SSSR count). The molecule has 0 spiro atoms. The third kappa shape index (κ3) is 0.943. The molecule has 1 fully saturated rings. The summed E-state index contributed by atoms with van der Waals surface area (Å²) in [5.41, 5.74) is -1.19. The summed E-state index contributed by atoms with van der Waals surface area (Å²) in [6.45, 7) is -0.468. The number of aliphatic hydroxyl groups excluding tert-OH is 2. The molecule has 1 saturated heterocycles. The van der Waals surface area contributed by atoms with Crippen LogP contribution in [0, 0.1) is 0 Å². The molecule has 0 amide bonds. The summed E-state index contributed by atoms with van der Waals surface area (Å²) in [7, 11) is 0. The molecular formula is C5H10O4. The molecule has 9 heavy (non-hydrogen) atoms. The van der Waals surface area contributed by atoms with Crippen LogP contribution in [0.5, 0.6) is 0 Å². The van der Waals surface area contributed by atoms with Crippen molar-refractivity contribution in [3.05, 3.63) is 0 Å². The van der Waals surface area contributed by atoms with Gasteiger partial charge in [-0.25, -0.2) is 0 Å². The van der Waals surface area contributed by atoms with Crippen LogP contribution in [0.3, 0.4) is 0 Å². The van der Waals surface area contributed by atoms with Crippen LogP contribution in [0.4, 0.5) is 0 Å². The standard InChI is InChI=1S/C5H10O4/c6-1-4-5(8,2-7)3-9-4/h4,6-8H,1-3H2/t4-,5+/m1/s1. The first-order chi connectivity index (χ1) is 4.23. The Morgan fingerprint density at radius 3 is 2.33 bits per heavy atom. The van der Waals surface area contributed by atoms with E-state index in [4.69, 9.17) is 20.1 Å². The monoisotopic (exact) mass is 134 g/mol. The summed E-state index contributed by atoms with van der Waals surface area (Å²) < 4.78 is 4.73. The lowest BCUT2D eigenvalue weighted by Gasteiger charge is -2.42. The Morgan fingerprint density at radius 1 is 1.56 bits per heavy atom. The summed E-state index contributed by atoms with van der Waals surface area (Å²) in [5, 5.41) is 26.1. The topological polar surface area (TPSA) is 69.9 Å². The van der Waals surface area contributed by atoms with Crippen LogP contribution < -0.4 is 0 Å². The van der Waals surface area contributed by atoms with Crippen LogP contribution >= 0.6 is 0 Å². The number of aliphatic hydroxyl groups is 3. The van der Waals surface area contributed by atoms with Crippen molar-refractivity contribution in [2.24, 2.45) is 0 Å². The fourth-order valence-corrected chi connectivity index (χ4v) is 0.764. The van der Waals surface area contributed by atoms with Gasteiger partial charge in [0.05, 0.1) is 19.8 Å². The summed E-state index contributed by atoms with van der Waals surface area (Å²) in [4.78, 5) is 0. The van der Waals surface area contributed by atoms with Gasteiger partial charge in [-0.2, -0.15) is 0 Å². The highest BCUT2D eigenvalue weighted by Crippen LogP contribution is 2.23. The van der Waals surface area contributed by atoms with Gasteiger partial charge in [0.25, 0.3) is 0 Å². The number of hydrogen-bond acceptors (Lipinski definition) is 4. The normalized spacial score (nSPS) is 42.3. The van der Waals surface area contributed by atoms with Crippen molar-refractivity contribution >= 4 is 0 Å². The minimum absolute atomic E-state index is 0.120. The molecule has 1 heterocycles. The Bertz CT molecular complexity index is 99.1. The van der Waals surface area contributed by atoms with Crippen molar-refractivity contribution < 1.29 is 20.1 Å². The van der Waals surface area contributed by atoms with Gasteiger partial charge in [0.2, 0.25) is 0 Å². The summed E-state index contributed by atoms with van der Waals surface area (Å²) in [6, 6.07) is 0. The third-order valence-electron chi connectivity index (χ3n) is 1.57. The SMILES string of the molecule is OC[C@H]1OC[C@@]1(O)CO. The van der Waals surface area contributed by atoms with Crippen LogP contribution in [0.25, 0.3) is 0 Å². The number of ether oxygens (including phenoxy) is 1. The molecule has 0 radical (unpaired) electrons. The second-order valence-corrected chi connectivity index (χ2v) is 2.24. The van der Waals surface area contributed by atoms with Gasteiger partial charge in [-0.1, -0.05) is 0 Å². The van der Waals surface area contributed by atoms with Crippen LogP contribution in [0.1, 0.15) is 0 Å². The fraction of sp³-hybridized carbons (Fsp3) is 1.00. The smallest absolute Gasteiger partial charge is 0.139 e. The Labute approximate surface area is 52.7 Å². The highest BCUT2D eigenvalue weighted by Gasteiger charge is 2.45. The molecule has 4 heteroatoms. The van der Waals surface area contributed by atoms with E-state index < -0.39 is 11.7 Å². The van der Waals surface area contributed by atoms with Gasteiger partial charge >= 0.3 is 0 Å². The quantitative estimate of drug-likeness (QED) is 0.412. The van der Waals surface area contributed by atoms with E-state index in [1.807, 2.05) is 0 Å². The van der Waals surface area contributed by atoms with Gasteiger partial charge in [-0.05, 0) is 0 Å². The fourth-order valence-electron chi connectivity index (χ4n) is 0.764. The van der Waals surface area contributed by atoms with Crippen molar-refractivity contribution in [3.8, 4) is 0 Å². The Balaban J connectivity index is 2.41. The van der Waals surface area contributed by atoms with Gasteiger partial charge in [0.15, 0.2) is 0 Å². The lowest BCUT2D eigenvalue weighted by molar-refractivity contribution is -0.260. The first-order valence-corrected chi connectivity index (χ1v) is 2.78. The molecule has 0 aliphatic carbocycles. The van der Waals surface area contributed by atoms with E-state index in [2.05, 4.69) is 0 Å². The van der Waals surface area contributed by atoms with Crippen LogP contribution in [-0.4, -0.2) is 46.8 Å². The molecule has 0 aromatic carbocycles. The third-order valence-corrected chi connectivity index (χ3v) is 1.57. The zero-order chi connectivity index (χ0) is 6.91. The maximum absolute atomic E-state index is 9.14. The van der Waals surface area contributed by atoms with Crippen molar-refractivity contribution in [1.82, 2.24) is 0 Å². The van der Waals surface area contributed by atoms with Crippen LogP contribution in [0.15, 0.2) is 0 Å². The number of rotatable bonds is 2. The first-order valence-electron chi connectivity index (χ1n) is 2.78. The predicted octanol–water partition coefficient (Wildman–Crippen LogP) is -1.90. The Hall–Kier alpha value is -0.160. The second-order valence-electron chi connectivity index (χ2n) is 2.24. The molecule has 2 atom stereocenters. The highest BCUT2D eigenvalue weighted by molar-refractivity contribution is 4.94. The molecular weight excluding hydrogens is 124 g/mol. The zero-order valence-electron chi connectivity index (χ0n) is 4.95. The molecule has 4 nitrogen and oxygen atoms in total. The molecule has 54 valence electrons. The van der Waals surface area contributed by atoms with E-state index in [9.17, 15) is 0 Å². The summed E-state index contributed by atoms with van der Waals surface area (Å²) >= 11 is 0. The second kappa shape index (κ2) is 2.22. The summed E-state index contributed by atoms with van der Waals surface area (Å²) in [6.07, 6.45) is -0.595. The van der Waals surface area contributed by atoms with E-state index >= 15 is 0 Å². The summed E-state index contributed by atoms with van der Waals surface area (Å²) in [5.74, 6) is 0. The van der Waals surface area contributed by atoms with Gasteiger partial charge < -0.3 is 20.1 Å². The van der Waals surface area contributed by atoms with E-state index in [1.165, 1.54) is 0 Å². The molecule has 0 aromatic rings.